The maximum Gasteiger partial charge on any atom is 0.323 e. The van der Waals surface area contributed by atoms with Gasteiger partial charge in [0.05, 0.1) is 7.11 Å². The second-order valence-electron chi connectivity index (χ2n) is 4.46. The van der Waals surface area contributed by atoms with E-state index < -0.39 is 0 Å². The van der Waals surface area contributed by atoms with Gasteiger partial charge in [0, 0.05) is 19.7 Å². The second kappa shape index (κ2) is 6.10. The quantitative estimate of drug-likeness (QED) is 0.931. The summed E-state index contributed by atoms with van der Waals surface area (Å²) in [4.78, 5) is 13.5. The van der Waals surface area contributed by atoms with Crippen molar-refractivity contribution in [3.63, 3.8) is 0 Å². The van der Waals surface area contributed by atoms with Crippen molar-refractivity contribution in [2.75, 3.05) is 19.5 Å². The Balaban J connectivity index is 1.96. The Bertz CT molecular complexity index is 595. The van der Waals surface area contributed by atoms with E-state index in [1.54, 1.807) is 32.0 Å². The molecule has 0 saturated heterocycles. The molecule has 0 saturated carbocycles. The second-order valence-corrected chi connectivity index (χ2v) is 4.46. The zero-order valence-electron chi connectivity index (χ0n) is 11.7. The number of aryl methyl sites for hydroxylation is 1. The number of aromatic nitrogens is 1. The summed E-state index contributed by atoms with van der Waals surface area (Å²) in [6.07, 6.45) is 0. The van der Waals surface area contributed by atoms with Crippen LogP contribution in [-0.2, 0) is 6.54 Å². The van der Waals surface area contributed by atoms with E-state index in [0.29, 0.717) is 18.1 Å². The largest absolute Gasteiger partial charge is 0.497 e. The van der Waals surface area contributed by atoms with Crippen LogP contribution in [0.4, 0.5) is 10.6 Å². The first-order valence-corrected chi connectivity index (χ1v) is 6.17. The monoisotopic (exact) mass is 275 g/mol. The zero-order valence-corrected chi connectivity index (χ0v) is 11.7. The minimum atomic E-state index is -0.249. The molecule has 2 rings (SSSR count). The zero-order chi connectivity index (χ0) is 14.5. The van der Waals surface area contributed by atoms with Gasteiger partial charge in [0.15, 0.2) is 5.82 Å². The number of anilines is 1. The van der Waals surface area contributed by atoms with Gasteiger partial charge < -0.3 is 14.2 Å². The van der Waals surface area contributed by atoms with Gasteiger partial charge in [0.2, 0.25) is 0 Å². The van der Waals surface area contributed by atoms with Gasteiger partial charge in [-0.3, -0.25) is 5.32 Å². The lowest BCUT2D eigenvalue weighted by molar-refractivity contribution is 0.220. The van der Waals surface area contributed by atoms with Gasteiger partial charge in [0.1, 0.15) is 11.5 Å². The van der Waals surface area contributed by atoms with Crippen molar-refractivity contribution in [1.82, 2.24) is 10.1 Å². The smallest absolute Gasteiger partial charge is 0.323 e. The van der Waals surface area contributed by atoms with Gasteiger partial charge in [-0.1, -0.05) is 17.3 Å². The van der Waals surface area contributed by atoms with Crippen molar-refractivity contribution in [3.05, 3.63) is 41.7 Å². The van der Waals surface area contributed by atoms with Crippen LogP contribution in [-0.4, -0.2) is 30.2 Å². The molecule has 2 amide bonds. The first-order chi connectivity index (χ1) is 9.58. The van der Waals surface area contributed by atoms with Gasteiger partial charge in [-0.15, -0.1) is 0 Å². The van der Waals surface area contributed by atoms with Crippen LogP contribution in [0.5, 0.6) is 5.75 Å². The average Bonchev–Trinajstić information content (AvgIpc) is 2.84. The van der Waals surface area contributed by atoms with E-state index in [-0.39, 0.29) is 6.03 Å². The highest BCUT2D eigenvalue weighted by Gasteiger charge is 2.11. The van der Waals surface area contributed by atoms with E-state index in [4.69, 9.17) is 9.26 Å². The minimum absolute atomic E-state index is 0.249. The molecule has 6 heteroatoms. The number of rotatable bonds is 4. The number of carbonyl (C=O) groups excluding carboxylic acids is 1. The van der Waals surface area contributed by atoms with Gasteiger partial charge in [-0.05, 0) is 24.6 Å². The summed E-state index contributed by atoms with van der Waals surface area (Å²) in [6.45, 7) is 2.24. The highest BCUT2D eigenvalue weighted by Crippen LogP contribution is 2.14. The number of urea groups is 1. The van der Waals surface area contributed by atoms with E-state index in [0.717, 1.165) is 11.3 Å². The summed E-state index contributed by atoms with van der Waals surface area (Å²) in [5, 5.41) is 6.38. The predicted octanol–water partition coefficient (Wildman–Crippen LogP) is 2.66. The predicted molar refractivity (Wildman–Crippen MR) is 74.7 cm³/mol. The number of hydrogen-bond acceptors (Lipinski definition) is 4. The van der Waals surface area contributed by atoms with Gasteiger partial charge >= 0.3 is 6.03 Å². The third-order valence-corrected chi connectivity index (χ3v) is 2.76. The molecule has 1 heterocycles. The number of hydrogen-bond donors (Lipinski definition) is 1. The van der Waals surface area contributed by atoms with Crippen molar-refractivity contribution in [2.45, 2.75) is 13.5 Å². The molecule has 20 heavy (non-hydrogen) atoms. The van der Waals surface area contributed by atoms with Crippen LogP contribution in [0.3, 0.4) is 0 Å². The van der Waals surface area contributed by atoms with Crippen LogP contribution in [0.1, 0.15) is 11.3 Å². The maximum atomic E-state index is 12.0. The molecule has 106 valence electrons. The van der Waals surface area contributed by atoms with Crippen LogP contribution in [0, 0.1) is 6.92 Å². The van der Waals surface area contributed by atoms with Crippen molar-refractivity contribution < 1.29 is 14.1 Å². The standard InChI is InChI=1S/C14H17N3O3/c1-10-7-13(16-20-10)15-14(18)17(2)9-11-5-4-6-12(8-11)19-3/h4-8H,9H2,1-3H3,(H,15,16,18). The molecule has 1 N–H and O–H groups in total. The Morgan fingerprint density at radius 2 is 2.25 bits per heavy atom. The van der Waals surface area contributed by atoms with Gasteiger partial charge in [0.25, 0.3) is 0 Å². The molecule has 0 aliphatic rings. The molecule has 0 atom stereocenters. The number of ether oxygens (including phenoxy) is 1. The molecular formula is C14H17N3O3. The fourth-order valence-corrected chi connectivity index (χ4v) is 1.75. The van der Waals surface area contributed by atoms with Crippen LogP contribution in [0.25, 0.3) is 0 Å². The number of methoxy groups -OCH3 is 1. The maximum absolute atomic E-state index is 12.0. The lowest BCUT2D eigenvalue weighted by Gasteiger charge is -2.17. The molecule has 1 aromatic carbocycles. The van der Waals surface area contributed by atoms with Crippen LogP contribution in [0.15, 0.2) is 34.9 Å². The molecule has 0 bridgehead atoms. The SMILES string of the molecule is COc1cccc(CN(C)C(=O)Nc2cc(C)on2)c1. The third kappa shape index (κ3) is 3.50. The summed E-state index contributed by atoms with van der Waals surface area (Å²) in [6, 6.07) is 9.00. The fourth-order valence-electron chi connectivity index (χ4n) is 1.75. The minimum Gasteiger partial charge on any atom is -0.497 e. The topological polar surface area (TPSA) is 67.6 Å². The third-order valence-electron chi connectivity index (χ3n) is 2.76. The number of benzene rings is 1. The highest BCUT2D eigenvalue weighted by atomic mass is 16.5. The number of nitrogens with zero attached hydrogens (tertiary/aromatic N) is 2. The summed E-state index contributed by atoms with van der Waals surface area (Å²) in [5.41, 5.74) is 0.985. The Labute approximate surface area is 117 Å². The summed E-state index contributed by atoms with van der Waals surface area (Å²) < 4.78 is 10.0. The van der Waals surface area contributed by atoms with Crippen molar-refractivity contribution >= 4 is 11.8 Å². The summed E-state index contributed by atoms with van der Waals surface area (Å²) >= 11 is 0. The molecule has 1 aromatic heterocycles. The van der Waals surface area contributed by atoms with E-state index in [1.807, 2.05) is 24.3 Å². The molecule has 0 fully saturated rings. The Morgan fingerprint density at radius 3 is 2.90 bits per heavy atom. The normalized spacial score (nSPS) is 10.2. The summed E-state index contributed by atoms with van der Waals surface area (Å²) in [7, 11) is 3.32. The first-order valence-electron chi connectivity index (χ1n) is 6.17. The fraction of sp³-hybridized carbons (Fsp3) is 0.286. The lowest BCUT2D eigenvalue weighted by Crippen LogP contribution is -2.30. The molecular weight excluding hydrogens is 258 g/mol. The lowest BCUT2D eigenvalue weighted by atomic mass is 10.2. The molecule has 0 radical (unpaired) electrons. The number of amides is 2. The first kappa shape index (κ1) is 13.9. The molecule has 0 aliphatic carbocycles. The van der Waals surface area contributed by atoms with Crippen molar-refractivity contribution in [1.29, 1.82) is 0 Å². The molecule has 0 spiro atoms. The van der Waals surface area contributed by atoms with E-state index in [2.05, 4.69) is 10.5 Å². The van der Waals surface area contributed by atoms with Crippen LogP contribution >= 0.6 is 0 Å². The number of carbonyl (C=O) groups is 1. The van der Waals surface area contributed by atoms with Crippen molar-refractivity contribution in [3.8, 4) is 5.75 Å². The van der Waals surface area contributed by atoms with E-state index in [9.17, 15) is 4.79 Å². The summed E-state index contributed by atoms with van der Waals surface area (Å²) in [5.74, 6) is 1.82. The van der Waals surface area contributed by atoms with Crippen LogP contribution < -0.4 is 10.1 Å². The highest BCUT2D eigenvalue weighted by molar-refractivity contribution is 5.88. The van der Waals surface area contributed by atoms with Crippen LogP contribution in [0.2, 0.25) is 0 Å². The molecule has 6 nitrogen and oxygen atoms in total. The molecule has 0 unspecified atom stereocenters. The van der Waals surface area contributed by atoms with Gasteiger partial charge in [-0.25, -0.2) is 4.79 Å². The number of nitrogens with one attached hydrogen (secondary N) is 1. The van der Waals surface area contributed by atoms with Gasteiger partial charge in [-0.2, -0.15) is 0 Å². The van der Waals surface area contributed by atoms with Crippen molar-refractivity contribution in [2.24, 2.45) is 0 Å². The molecule has 2 aromatic rings. The molecule has 0 aliphatic heterocycles. The van der Waals surface area contributed by atoms with E-state index in [1.165, 1.54) is 0 Å². The Morgan fingerprint density at radius 1 is 1.45 bits per heavy atom. The average molecular weight is 275 g/mol. The van der Waals surface area contributed by atoms with E-state index >= 15 is 0 Å². The Hall–Kier alpha value is -2.50. The Kier molecular flexibility index (Phi) is 4.24.